The lowest BCUT2D eigenvalue weighted by Crippen LogP contribution is -2.39. The number of thiazole rings is 1. The lowest BCUT2D eigenvalue weighted by Gasteiger charge is -2.25. The van der Waals surface area contributed by atoms with Crippen LogP contribution in [0.3, 0.4) is 0 Å². The predicted molar refractivity (Wildman–Crippen MR) is 174 cm³/mol. The second-order valence-corrected chi connectivity index (χ2v) is 11.4. The van der Waals surface area contributed by atoms with E-state index in [2.05, 4.69) is 6.92 Å². The molecule has 44 heavy (non-hydrogen) atoms. The first-order chi connectivity index (χ1) is 21.5. The fourth-order valence-corrected chi connectivity index (χ4v) is 6.03. The second-order valence-electron chi connectivity index (χ2n) is 10.4. The summed E-state index contributed by atoms with van der Waals surface area (Å²) in [6.07, 6.45) is 8.70. The van der Waals surface area contributed by atoms with Gasteiger partial charge in [-0.25, -0.2) is 9.79 Å². The molecule has 1 unspecified atom stereocenters. The number of rotatable bonds is 12. The Morgan fingerprint density at radius 3 is 2.48 bits per heavy atom. The van der Waals surface area contributed by atoms with Gasteiger partial charge in [-0.15, -0.1) is 0 Å². The van der Waals surface area contributed by atoms with E-state index < -0.39 is 12.0 Å². The lowest BCUT2D eigenvalue weighted by molar-refractivity contribution is -0.140. The Morgan fingerprint density at radius 1 is 1.00 bits per heavy atom. The van der Waals surface area contributed by atoms with Crippen LogP contribution in [0.1, 0.15) is 55.8 Å². The van der Waals surface area contributed by atoms with Crippen LogP contribution in [0, 0.1) is 0 Å². The maximum atomic E-state index is 13.9. The molecule has 2 heterocycles. The molecule has 1 atom stereocenters. The molecule has 0 N–H and O–H groups in total. The van der Waals surface area contributed by atoms with Crippen LogP contribution in [-0.4, -0.2) is 24.3 Å². The van der Waals surface area contributed by atoms with E-state index in [0.29, 0.717) is 44.3 Å². The minimum atomic E-state index is -0.766. The monoisotopic (exact) mass is 608 g/mol. The molecule has 1 aliphatic rings. The van der Waals surface area contributed by atoms with E-state index in [4.69, 9.17) is 19.2 Å². The zero-order valence-electron chi connectivity index (χ0n) is 25.2. The number of fused-ring (bicyclic) bond motifs is 1. The summed E-state index contributed by atoms with van der Waals surface area (Å²) in [5.41, 5.74) is 3.15. The summed E-state index contributed by atoms with van der Waals surface area (Å²) in [6, 6.07) is 24.1. The normalized spacial score (nSPS) is 14.8. The van der Waals surface area contributed by atoms with Gasteiger partial charge >= 0.3 is 5.97 Å². The van der Waals surface area contributed by atoms with Crippen LogP contribution in [0.25, 0.3) is 12.2 Å². The molecule has 1 aromatic heterocycles. The highest BCUT2D eigenvalue weighted by molar-refractivity contribution is 7.07. The van der Waals surface area contributed by atoms with Crippen LogP contribution < -0.4 is 24.4 Å². The van der Waals surface area contributed by atoms with Gasteiger partial charge < -0.3 is 14.2 Å². The summed E-state index contributed by atoms with van der Waals surface area (Å²) < 4.78 is 19.6. The number of methoxy groups -OCH3 is 1. The molecule has 5 rings (SSSR count). The Kier molecular flexibility index (Phi) is 10.2. The number of nitrogens with zero attached hydrogens (tertiary/aromatic N) is 2. The Morgan fingerprint density at radius 2 is 1.75 bits per heavy atom. The van der Waals surface area contributed by atoms with Gasteiger partial charge in [-0.2, -0.15) is 0 Å². The second kappa shape index (κ2) is 14.7. The summed E-state index contributed by atoms with van der Waals surface area (Å²) in [5, 5.41) is 0. The van der Waals surface area contributed by atoms with E-state index in [1.54, 1.807) is 24.7 Å². The fraction of sp³-hybridized carbons (Fsp3) is 0.250. The molecule has 0 amide bonds. The summed E-state index contributed by atoms with van der Waals surface area (Å²) >= 11 is 1.29. The quantitative estimate of drug-likeness (QED) is 0.141. The van der Waals surface area contributed by atoms with Gasteiger partial charge in [0.15, 0.2) is 16.3 Å². The number of carbonyl (C=O) groups excluding carboxylic acids is 1. The number of ether oxygens (including phenoxy) is 3. The average molecular weight is 609 g/mol. The van der Waals surface area contributed by atoms with Crippen molar-refractivity contribution < 1.29 is 19.0 Å². The van der Waals surface area contributed by atoms with Crippen LogP contribution in [0.5, 0.6) is 11.5 Å². The van der Waals surface area contributed by atoms with Crippen molar-refractivity contribution in [3.63, 3.8) is 0 Å². The Labute approximate surface area is 261 Å². The minimum Gasteiger partial charge on any atom is -0.493 e. The van der Waals surface area contributed by atoms with Crippen molar-refractivity contribution in [1.29, 1.82) is 0 Å². The zero-order valence-corrected chi connectivity index (χ0v) is 26.0. The molecule has 3 aromatic carbocycles. The van der Waals surface area contributed by atoms with Crippen molar-refractivity contribution >= 4 is 29.5 Å². The number of hydrogen-bond acceptors (Lipinski definition) is 7. The molecule has 0 spiro atoms. The van der Waals surface area contributed by atoms with Crippen molar-refractivity contribution in [2.24, 2.45) is 4.99 Å². The van der Waals surface area contributed by atoms with Crippen LogP contribution in [-0.2, 0) is 16.1 Å². The van der Waals surface area contributed by atoms with Crippen molar-refractivity contribution in [3.8, 4) is 11.5 Å². The highest BCUT2D eigenvalue weighted by Gasteiger charge is 2.34. The van der Waals surface area contributed by atoms with Crippen molar-refractivity contribution in [2.75, 3.05) is 13.7 Å². The molecule has 0 saturated heterocycles. The summed E-state index contributed by atoms with van der Waals surface area (Å²) in [6.45, 7) is 4.60. The maximum absolute atomic E-state index is 13.9. The third kappa shape index (κ3) is 7.09. The third-order valence-electron chi connectivity index (χ3n) is 7.30. The first-order valence-electron chi connectivity index (χ1n) is 14.8. The van der Waals surface area contributed by atoms with Gasteiger partial charge in [0.25, 0.3) is 5.56 Å². The minimum absolute atomic E-state index is 0.103. The molecule has 0 saturated carbocycles. The van der Waals surface area contributed by atoms with Crippen LogP contribution in [0.2, 0.25) is 0 Å². The first kappa shape index (κ1) is 30.8. The van der Waals surface area contributed by atoms with Gasteiger partial charge in [-0.05, 0) is 48.2 Å². The van der Waals surface area contributed by atoms with E-state index in [1.807, 2.05) is 91.0 Å². The molecule has 0 fully saturated rings. The summed E-state index contributed by atoms with van der Waals surface area (Å²) in [5.74, 6) is 0.607. The van der Waals surface area contributed by atoms with Crippen molar-refractivity contribution in [2.45, 2.75) is 45.8 Å². The Balaban J connectivity index is 1.55. The van der Waals surface area contributed by atoms with E-state index in [0.717, 1.165) is 30.4 Å². The van der Waals surface area contributed by atoms with Crippen molar-refractivity contribution in [3.05, 3.63) is 133 Å². The molecule has 0 bridgehead atoms. The van der Waals surface area contributed by atoms with Crippen LogP contribution in [0.4, 0.5) is 0 Å². The molecule has 8 heteroatoms. The van der Waals surface area contributed by atoms with E-state index >= 15 is 0 Å². The number of carbonyl (C=O) groups is 1. The van der Waals surface area contributed by atoms with Gasteiger partial charge in [-0.1, -0.05) is 110 Å². The standard InChI is InChI=1S/C36H36N2O5S/c1-4-5-12-22-42-29-21-20-28(23-30(29)41-3)33-32(35(40)43-24-27-16-10-7-11-17-27)25(2)37-36-38(33)34(39)31(44-36)19-13-18-26-14-8-6-9-15-26/h6-11,13-21,23,33H,4-5,12,22,24H2,1-3H3/b18-13+,31-19-. The van der Waals surface area contributed by atoms with Gasteiger partial charge in [0.1, 0.15) is 6.61 Å². The predicted octanol–water partition coefficient (Wildman–Crippen LogP) is 6.22. The highest BCUT2D eigenvalue weighted by atomic mass is 32.1. The van der Waals surface area contributed by atoms with Gasteiger partial charge in [0, 0.05) is 0 Å². The smallest absolute Gasteiger partial charge is 0.338 e. The molecule has 4 aromatic rings. The largest absolute Gasteiger partial charge is 0.493 e. The third-order valence-corrected chi connectivity index (χ3v) is 8.30. The molecule has 1 aliphatic heterocycles. The Hall–Kier alpha value is -4.69. The Bertz CT molecular complexity index is 1840. The van der Waals surface area contributed by atoms with Crippen molar-refractivity contribution in [1.82, 2.24) is 4.57 Å². The summed E-state index contributed by atoms with van der Waals surface area (Å²) in [7, 11) is 1.58. The average Bonchev–Trinajstić information content (AvgIpc) is 3.36. The molecule has 7 nitrogen and oxygen atoms in total. The van der Waals surface area contributed by atoms with Gasteiger partial charge in [-0.3, -0.25) is 9.36 Å². The molecule has 226 valence electrons. The topological polar surface area (TPSA) is 79.1 Å². The van der Waals surface area contributed by atoms with E-state index in [9.17, 15) is 9.59 Å². The van der Waals surface area contributed by atoms with Gasteiger partial charge in [0.05, 0.1) is 35.6 Å². The number of aromatic nitrogens is 1. The number of unbranched alkanes of at least 4 members (excludes halogenated alkanes) is 2. The highest BCUT2D eigenvalue weighted by Crippen LogP contribution is 2.36. The molecule has 0 radical (unpaired) electrons. The maximum Gasteiger partial charge on any atom is 0.338 e. The van der Waals surface area contributed by atoms with E-state index in [-0.39, 0.29) is 12.2 Å². The molecule has 0 aliphatic carbocycles. The number of benzene rings is 3. The molecular formula is C36H36N2O5S. The zero-order chi connectivity index (χ0) is 30.9. The fourth-order valence-electron chi connectivity index (χ4n) is 5.03. The van der Waals surface area contributed by atoms with Gasteiger partial charge in [0.2, 0.25) is 0 Å². The first-order valence-corrected chi connectivity index (χ1v) is 15.6. The van der Waals surface area contributed by atoms with E-state index in [1.165, 1.54) is 11.3 Å². The summed E-state index contributed by atoms with van der Waals surface area (Å²) in [4.78, 5) is 32.9. The van der Waals surface area contributed by atoms with Crippen LogP contribution >= 0.6 is 11.3 Å². The number of esters is 1. The SMILES string of the molecule is CCCCCOc1ccc(C2C(C(=O)OCc3ccccc3)=C(C)N=c3s/c(=C\C=C\c4ccccc4)c(=O)n32)cc1OC. The number of hydrogen-bond donors (Lipinski definition) is 0. The number of allylic oxidation sites excluding steroid dienone is 2. The lowest BCUT2D eigenvalue weighted by atomic mass is 9.95. The van der Waals surface area contributed by atoms with Crippen LogP contribution in [0.15, 0.2) is 106 Å². The molecular weight excluding hydrogens is 572 g/mol.